The molecule has 0 aliphatic carbocycles. The Hall–Kier alpha value is -6.78. The van der Waals surface area contributed by atoms with E-state index in [0.29, 0.717) is 44.0 Å². The smallest absolute Gasteiger partial charge is 0.264 e. The predicted octanol–water partition coefficient (Wildman–Crippen LogP) is 3.18. The van der Waals surface area contributed by atoms with Crippen molar-refractivity contribution in [2.24, 2.45) is 0 Å². The van der Waals surface area contributed by atoms with Crippen LogP contribution in [0.2, 0.25) is 0 Å². The summed E-state index contributed by atoms with van der Waals surface area (Å²) in [6.45, 7) is 7.17. The molecule has 3 N–H and O–H groups in total. The lowest BCUT2D eigenvalue weighted by atomic mass is 10.0. The molecule has 4 aromatic heterocycles. The maximum Gasteiger partial charge on any atom is 0.264 e. The van der Waals surface area contributed by atoms with Crippen molar-refractivity contribution in [1.82, 2.24) is 39.9 Å². The predicted molar refractivity (Wildman–Crippen MR) is 217 cm³/mol. The van der Waals surface area contributed by atoms with E-state index in [1.54, 1.807) is 35.0 Å². The van der Waals surface area contributed by atoms with E-state index in [9.17, 15) is 29.2 Å². The molecule has 2 fully saturated rings. The van der Waals surface area contributed by atoms with Crippen LogP contribution in [0, 0.1) is 11.3 Å². The first kappa shape index (κ1) is 39.1. The number of hydrogen-bond acceptors (Lipinski definition) is 15. The molecule has 0 saturated carbocycles. The number of ether oxygens (including phenoxy) is 1. The molecule has 5 amide bonds. The number of piperazine rings is 1. The third-order valence-corrected chi connectivity index (χ3v) is 11.3. The maximum atomic E-state index is 13.3. The van der Waals surface area contributed by atoms with E-state index >= 15 is 0 Å². The second-order valence-corrected chi connectivity index (χ2v) is 15.5. The molecular weight excluding hydrogens is 777 g/mol. The molecule has 0 radical (unpaired) electrons. The Balaban J connectivity index is 0.809. The van der Waals surface area contributed by atoms with Gasteiger partial charge in [0.2, 0.25) is 22.9 Å². The van der Waals surface area contributed by atoms with E-state index < -0.39 is 29.7 Å². The molecule has 59 heavy (non-hydrogen) atoms. The molecule has 18 nitrogen and oxygen atoms in total. The molecule has 1 unspecified atom stereocenters. The Morgan fingerprint density at radius 3 is 2.61 bits per heavy atom. The van der Waals surface area contributed by atoms with Crippen molar-refractivity contribution in [3.8, 4) is 28.0 Å². The van der Waals surface area contributed by atoms with E-state index in [-0.39, 0.29) is 55.6 Å². The lowest BCUT2D eigenvalue weighted by Gasteiger charge is -2.34. The van der Waals surface area contributed by atoms with Gasteiger partial charge in [-0.25, -0.2) is 4.52 Å². The summed E-state index contributed by atoms with van der Waals surface area (Å²) in [4.78, 5) is 73.1. The Bertz CT molecular complexity index is 2520. The normalized spacial score (nSPS) is 16.8. The van der Waals surface area contributed by atoms with Crippen molar-refractivity contribution in [1.29, 1.82) is 5.26 Å². The van der Waals surface area contributed by atoms with Crippen LogP contribution in [0.3, 0.4) is 0 Å². The number of imide groups is 2. The highest BCUT2D eigenvalue weighted by Gasteiger charge is 2.45. The van der Waals surface area contributed by atoms with Crippen LogP contribution >= 0.6 is 11.3 Å². The molecule has 0 bridgehead atoms. The summed E-state index contributed by atoms with van der Waals surface area (Å²) in [6, 6.07) is 13.7. The molecule has 2 saturated heterocycles. The number of hydrogen-bond donors (Lipinski definition) is 3. The maximum absolute atomic E-state index is 13.3. The van der Waals surface area contributed by atoms with E-state index in [4.69, 9.17) is 9.72 Å². The van der Waals surface area contributed by atoms with Gasteiger partial charge in [-0.05, 0) is 56.7 Å². The first-order valence-electron chi connectivity index (χ1n) is 19.3. The Kier molecular flexibility index (Phi) is 11.0. The SMILES string of the molecule is CC(C)Nc1cc(-c2ccc3cc(C#N)cnn23)ncc1-c1nnc(N2CCN(C(=O)CCOCCNc3cccc4c3C(=O)N(C3CCC(=O)NC3=O)C4=O)CC2)s1. The molecule has 1 atom stereocenters. The zero-order chi connectivity index (χ0) is 41.2. The average Bonchev–Trinajstić information content (AvgIpc) is 3.96. The monoisotopic (exact) mass is 816 g/mol. The van der Waals surface area contributed by atoms with Crippen molar-refractivity contribution in [3.63, 3.8) is 0 Å². The third kappa shape index (κ3) is 7.91. The second kappa shape index (κ2) is 16.6. The minimum Gasteiger partial charge on any atom is -0.382 e. The lowest BCUT2D eigenvalue weighted by Crippen LogP contribution is -2.54. The van der Waals surface area contributed by atoms with Gasteiger partial charge < -0.3 is 25.2 Å². The minimum atomic E-state index is -1.04. The number of carbonyl (C=O) groups is 5. The van der Waals surface area contributed by atoms with Crippen molar-refractivity contribution >= 4 is 62.9 Å². The van der Waals surface area contributed by atoms with Crippen molar-refractivity contribution in [3.05, 3.63) is 71.5 Å². The van der Waals surface area contributed by atoms with Gasteiger partial charge in [0, 0.05) is 62.8 Å². The number of rotatable bonds is 13. The zero-order valence-corrected chi connectivity index (χ0v) is 33.1. The van der Waals surface area contributed by atoms with Crippen molar-refractivity contribution < 1.29 is 28.7 Å². The molecule has 1 aromatic carbocycles. The quantitative estimate of drug-likeness (QED) is 0.115. The van der Waals surface area contributed by atoms with Crippen molar-refractivity contribution in [2.75, 3.05) is 61.5 Å². The van der Waals surface area contributed by atoms with Crippen LogP contribution in [-0.2, 0) is 19.1 Å². The highest BCUT2D eigenvalue weighted by Crippen LogP contribution is 2.36. The molecule has 3 aliphatic heterocycles. The van der Waals surface area contributed by atoms with Crippen LogP contribution < -0.4 is 20.9 Å². The van der Waals surface area contributed by atoms with Crippen LogP contribution in [0.1, 0.15) is 59.4 Å². The van der Waals surface area contributed by atoms with Crippen LogP contribution in [0.15, 0.2) is 54.9 Å². The number of nitriles is 1. The van der Waals surface area contributed by atoms with Crippen LogP contribution in [0.4, 0.5) is 16.5 Å². The van der Waals surface area contributed by atoms with Crippen molar-refractivity contribution in [2.45, 2.75) is 45.2 Å². The van der Waals surface area contributed by atoms with E-state index in [1.165, 1.54) is 17.5 Å². The number of nitrogens with zero attached hydrogens (tertiary/aromatic N) is 9. The van der Waals surface area contributed by atoms with Gasteiger partial charge >= 0.3 is 0 Å². The molecule has 0 spiro atoms. The standard InChI is InChI=1S/C40H40N12O6S/c1-23(2)45-29-19-30(31-7-6-25-18-24(20-41)21-44-52(25)31)43-22-27(29)37-47-48-40(59-37)50-14-12-49(13-15-50)34(54)10-16-58-17-11-42-28-5-3-4-26-35(28)39(57)51(38(26)56)32-8-9-33(53)46-36(32)55/h3-7,18-19,21-23,32,42H,8-17H2,1-2H3,(H,43,45)(H,46,53,55). The van der Waals surface area contributed by atoms with E-state index in [2.05, 4.69) is 56.1 Å². The van der Waals surface area contributed by atoms with Gasteiger partial charge in [-0.3, -0.25) is 39.2 Å². The summed E-state index contributed by atoms with van der Waals surface area (Å²) in [5, 5.41) is 33.1. The zero-order valence-electron chi connectivity index (χ0n) is 32.3. The highest BCUT2D eigenvalue weighted by atomic mass is 32.1. The molecule has 5 aromatic rings. The lowest BCUT2D eigenvalue weighted by molar-refractivity contribution is -0.136. The summed E-state index contributed by atoms with van der Waals surface area (Å²) in [6.07, 6.45) is 3.66. The summed E-state index contributed by atoms with van der Waals surface area (Å²) in [5.74, 6) is -2.26. The topological polar surface area (TPSA) is 220 Å². The molecule has 19 heteroatoms. The minimum absolute atomic E-state index is 0.0128. The average molecular weight is 817 g/mol. The number of anilines is 3. The molecular formula is C40H40N12O6S. The Morgan fingerprint density at radius 2 is 1.83 bits per heavy atom. The van der Waals surface area contributed by atoms with Crippen LogP contribution in [0.5, 0.6) is 0 Å². The number of fused-ring (bicyclic) bond motifs is 2. The number of amides is 5. The summed E-state index contributed by atoms with van der Waals surface area (Å²) >= 11 is 1.47. The number of benzene rings is 1. The Labute approximate surface area is 342 Å². The summed E-state index contributed by atoms with van der Waals surface area (Å²) in [5.41, 5.74) is 5.29. The fourth-order valence-electron chi connectivity index (χ4n) is 7.39. The number of nitrogens with one attached hydrogen (secondary N) is 3. The summed E-state index contributed by atoms with van der Waals surface area (Å²) < 4.78 is 7.50. The van der Waals surface area contributed by atoms with Gasteiger partial charge in [0.15, 0.2) is 5.01 Å². The Morgan fingerprint density at radius 1 is 1.00 bits per heavy atom. The molecule has 8 rings (SSSR count). The van der Waals surface area contributed by atoms with Gasteiger partial charge in [-0.2, -0.15) is 10.4 Å². The summed E-state index contributed by atoms with van der Waals surface area (Å²) in [7, 11) is 0. The fraction of sp³-hybridized carbons (Fsp3) is 0.350. The van der Waals surface area contributed by atoms with Gasteiger partial charge in [0.05, 0.1) is 65.0 Å². The number of aromatic nitrogens is 5. The third-order valence-electron chi connectivity index (χ3n) is 10.3. The largest absolute Gasteiger partial charge is 0.382 e. The first-order chi connectivity index (χ1) is 28.6. The number of carbonyl (C=O) groups excluding carboxylic acids is 5. The number of pyridine rings is 1. The van der Waals surface area contributed by atoms with Gasteiger partial charge in [-0.1, -0.05) is 17.4 Å². The number of piperidine rings is 1. The van der Waals surface area contributed by atoms with E-state index in [1.807, 2.05) is 23.1 Å². The fourth-order valence-corrected chi connectivity index (χ4v) is 8.31. The molecule has 3 aliphatic rings. The van der Waals surface area contributed by atoms with E-state index in [0.717, 1.165) is 43.2 Å². The van der Waals surface area contributed by atoms with Crippen LogP contribution in [0.25, 0.3) is 27.5 Å². The van der Waals surface area contributed by atoms with Crippen LogP contribution in [-0.4, -0.2) is 122 Å². The van der Waals surface area contributed by atoms with Gasteiger partial charge in [-0.15, -0.1) is 10.2 Å². The van der Waals surface area contributed by atoms with Gasteiger partial charge in [0.1, 0.15) is 12.1 Å². The highest BCUT2D eigenvalue weighted by molar-refractivity contribution is 7.18. The first-order valence-corrected chi connectivity index (χ1v) is 20.1. The van der Waals surface area contributed by atoms with Gasteiger partial charge in [0.25, 0.3) is 11.8 Å². The molecule has 302 valence electrons. The molecule has 7 heterocycles. The second-order valence-electron chi connectivity index (χ2n) is 14.5.